The molecular formula is C17H18O. The number of hydrogen-bond donors (Lipinski definition) is 0. The zero-order chi connectivity index (χ0) is 12.8. The average Bonchev–Trinajstić information content (AvgIpc) is 2.43. The van der Waals surface area contributed by atoms with E-state index in [1.165, 1.54) is 16.3 Å². The van der Waals surface area contributed by atoms with E-state index >= 15 is 0 Å². The SMILES string of the molecule is C=CCOC(CC=C)c1ccc2ccccc2c1. The fraction of sp³-hybridized carbons (Fsp3) is 0.176. The fourth-order valence-corrected chi connectivity index (χ4v) is 2.04. The molecule has 0 saturated heterocycles. The molecule has 1 heteroatoms. The number of fused-ring (bicyclic) bond motifs is 1. The van der Waals surface area contributed by atoms with Crippen molar-refractivity contribution in [3.05, 3.63) is 73.3 Å². The van der Waals surface area contributed by atoms with Crippen molar-refractivity contribution in [2.45, 2.75) is 12.5 Å². The summed E-state index contributed by atoms with van der Waals surface area (Å²) in [4.78, 5) is 0. The molecule has 2 aromatic carbocycles. The average molecular weight is 238 g/mol. The monoisotopic (exact) mass is 238 g/mol. The van der Waals surface area contributed by atoms with Crippen molar-refractivity contribution in [1.82, 2.24) is 0 Å². The topological polar surface area (TPSA) is 9.23 Å². The molecule has 18 heavy (non-hydrogen) atoms. The van der Waals surface area contributed by atoms with E-state index in [2.05, 4.69) is 55.6 Å². The summed E-state index contributed by atoms with van der Waals surface area (Å²) in [6.07, 6.45) is 4.54. The number of rotatable bonds is 6. The Morgan fingerprint density at radius 1 is 1.00 bits per heavy atom. The summed E-state index contributed by atoms with van der Waals surface area (Å²) in [5, 5.41) is 2.49. The summed E-state index contributed by atoms with van der Waals surface area (Å²) in [6, 6.07) is 14.8. The van der Waals surface area contributed by atoms with Gasteiger partial charge >= 0.3 is 0 Å². The van der Waals surface area contributed by atoms with Crippen LogP contribution in [0.4, 0.5) is 0 Å². The highest BCUT2D eigenvalue weighted by atomic mass is 16.5. The molecule has 1 unspecified atom stereocenters. The quantitative estimate of drug-likeness (QED) is 0.665. The van der Waals surface area contributed by atoms with Gasteiger partial charge in [-0.15, -0.1) is 13.2 Å². The molecule has 0 heterocycles. The largest absolute Gasteiger partial charge is 0.369 e. The molecule has 0 aromatic heterocycles. The van der Waals surface area contributed by atoms with Crippen molar-refractivity contribution >= 4 is 10.8 Å². The van der Waals surface area contributed by atoms with Gasteiger partial charge in [0.2, 0.25) is 0 Å². The van der Waals surface area contributed by atoms with Gasteiger partial charge < -0.3 is 4.74 Å². The van der Waals surface area contributed by atoms with E-state index in [0.717, 1.165) is 6.42 Å². The first-order chi connectivity index (χ1) is 8.85. The smallest absolute Gasteiger partial charge is 0.0863 e. The normalized spacial score (nSPS) is 12.2. The second kappa shape index (κ2) is 6.18. The Morgan fingerprint density at radius 2 is 1.78 bits per heavy atom. The van der Waals surface area contributed by atoms with Crippen LogP contribution in [0.2, 0.25) is 0 Å². The van der Waals surface area contributed by atoms with Crippen LogP contribution in [-0.2, 0) is 4.74 Å². The van der Waals surface area contributed by atoms with Gasteiger partial charge in [0.25, 0.3) is 0 Å². The minimum atomic E-state index is 0.0603. The molecule has 0 radical (unpaired) electrons. The van der Waals surface area contributed by atoms with Crippen LogP contribution in [-0.4, -0.2) is 6.61 Å². The highest BCUT2D eigenvalue weighted by molar-refractivity contribution is 5.83. The Morgan fingerprint density at radius 3 is 2.50 bits per heavy atom. The van der Waals surface area contributed by atoms with Gasteiger partial charge in [-0.25, -0.2) is 0 Å². The maximum absolute atomic E-state index is 5.78. The molecule has 0 bridgehead atoms. The van der Waals surface area contributed by atoms with Crippen LogP contribution in [0.5, 0.6) is 0 Å². The van der Waals surface area contributed by atoms with Crippen molar-refractivity contribution in [3.63, 3.8) is 0 Å². The highest BCUT2D eigenvalue weighted by Crippen LogP contribution is 2.25. The predicted molar refractivity (Wildman–Crippen MR) is 77.7 cm³/mol. The molecule has 2 aromatic rings. The molecule has 0 aliphatic rings. The molecule has 0 aliphatic heterocycles. The minimum absolute atomic E-state index is 0.0603. The Bertz CT molecular complexity index is 542. The van der Waals surface area contributed by atoms with E-state index in [0.29, 0.717) is 6.61 Å². The first-order valence-electron chi connectivity index (χ1n) is 6.17. The standard InChI is InChI=1S/C17H18O/c1-3-7-17(18-12-4-2)16-11-10-14-8-5-6-9-15(14)13-16/h3-6,8-11,13,17H,1-2,7,12H2. The first kappa shape index (κ1) is 12.6. The third-order valence-corrected chi connectivity index (χ3v) is 2.94. The molecule has 92 valence electrons. The van der Waals surface area contributed by atoms with Crippen molar-refractivity contribution < 1.29 is 4.74 Å². The van der Waals surface area contributed by atoms with E-state index in [1.54, 1.807) is 6.08 Å². The Kier molecular flexibility index (Phi) is 4.32. The van der Waals surface area contributed by atoms with E-state index in [4.69, 9.17) is 4.74 Å². The maximum atomic E-state index is 5.78. The van der Waals surface area contributed by atoms with Gasteiger partial charge in [-0.1, -0.05) is 48.6 Å². The van der Waals surface area contributed by atoms with E-state index in [9.17, 15) is 0 Å². The molecule has 0 saturated carbocycles. The Balaban J connectivity index is 2.31. The zero-order valence-corrected chi connectivity index (χ0v) is 10.5. The third kappa shape index (κ3) is 2.88. The van der Waals surface area contributed by atoms with Crippen LogP contribution in [0.25, 0.3) is 10.8 Å². The van der Waals surface area contributed by atoms with E-state index in [-0.39, 0.29) is 6.10 Å². The highest BCUT2D eigenvalue weighted by Gasteiger charge is 2.10. The number of hydrogen-bond acceptors (Lipinski definition) is 1. The van der Waals surface area contributed by atoms with Gasteiger partial charge in [-0.2, -0.15) is 0 Å². The van der Waals surface area contributed by atoms with Crippen molar-refractivity contribution in [3.8, 4) is 0 Å². The summed E-state index contributed by atoms with van der Waals surface area (Å²) in [5.74, 6) is 0. The molecule has 1 atom stereocenters. The van der Waals surface area contributed by atoms with Gasteiger partial charge in [0.05, 0.1) is 12.7 Å². The van der Waals surface area contributed by atoms with Crippen LogP contribution >= 0.6 is 0 Å². The summed E-state index contributed by atoms with van der Waals surface area (Å²) < 4.78 is 5.78. The fourth-order valence-electron chi connectivity index (χ4n) is 2.04. The second-order valence-corrected chi connectivity index (χ2v) is 4.24. The van der Waals surface area contributed by atoms with E-state index < -0.39 is 0 Å². The van der Waals surface area contributed by atoms with Crippen molar-refractivity contribution in [2.24, 2.45) is 0 Å². The van der Waals surface area contributed by atoms with Crippen LogP contribution in [0.1, 0.15) is 18.1 Å². The van der Waals surface area contributed by atoms with Crippen LogP contribution in [0.3, 0.4) is 0 Å². The van der Waals surface area contributed by atoms with Gasteiger partial charge in [0.15, 0.2) is 0 Å². The van der Waals surface area contributed by atoms with Crippen LogP contribution in [0, 0.1) is 0 Å². The summed E-state index contributed by atoms with van der Waals surface area (Å²) in [6.45, 7) is 8.04. The second-order valence-electron chi connectivity index (χ2n) is 4.24. The molecular weight excluding hydrogens is 220 g/mol. The minimum Gasteiger partial charge on any atom is -0.369 e. The number of benzene rings is 2. The maximum Gasteiger partial charge on any atom is 0.0863 e. The molecule has 2 rings (SSSR count). The van der Waals surface area contributed by atoms with Crippen molar-refractivity contribution in [1.29, 1.82) is 0 Å². The molecule has 0 spiro atoms. The van der Waals surface area contributed by atoms with Crippen molar-refractivity contribution in [2.75, 3.05) is 6.61 Å². The van der Waals surface area contributed by atoms with Gasteiger partial charge in [-0.05, 0) is 28.8 Å². The predicted octanol–water partition coefficient (Wildman–Crippen LogP) is 4.66. The summed E-state index contributed by atoms with van der Waals surface area (Å²) in [5.41, 5.74) is 1.19. The van der Waals surface area contributed by atoms with Crippen LogP contribution in [0.15, 0.2) is 67.8 Å². The molecule has 0 N–H and O–H groups in total. The summed E-state index contributed by atoms with van der Waals surface area (Å²) in [7, 11) is 0. The van der Waals surface area contributed by atoms with Gasteiger partial charge in [0, 0.05) is 0 Å². The Labute approximate surface area is 108 Å². The lowest BCUT2D eigenvalue weighted by Crippen LogP contribution is -2.03. The third-order valence-electron chi connectivity index (χ3n) is 2.94. The zero-order valence-electron chi connectivity index (χ0n) is 10.5. The number of ether oxygens (including phenoxy) is 1. The molecule has 1 nitrogen and oxygen atoms in total. The van der Waals surface area contributed by atoms with E-state index in [1.807, 2.05) is 6.08 Å². The lowest BCUT2D eigenvalue weighted by molar-refractivity contribution is 0.0767. The first-order valence-corrected chi connectivity index (χ1v) is 6.17. The lowest BCUT2D eigenvalue weighted by atomic mass is 10.0. The molecule has 0 amide bonds. The molecule has 0 aliphatic carbocycles. The van der Waals surface area contributed by atoms with Gasteiger partial charge in [0.1, 0.15) is 0 Å². The summed E-state index contributed by atoms with van der Waals surface area (Å²) >= 11 is 0. The Hall–Kier alpha value is -1.86. The van der Waals surface area contributed by atoms with Crippen LogP contribution < -0.4 is 0 Å². The lowest BCUT2D eigenvalue weighted by Gasteiger charge is -2.16. The molecule has 0 fully saturated rings. The van der Waals surface area contributed by atoms with Gasteiger partial charge in [-0.3, -0.25) is 0 Å².